The lowest BCUT2D eigenvalue weighted by atomic mass is 10.3. The monoisotopic (exact) mass is 344 g/mol. The van der Waals surface area contributed by atoms with Gasteiger partial charge in [0.15, 0.2) is 0 Å². The first kappa shape index (κ1) is 16.2. The number of carbonyl (C=O) groups excluding carboxylic acids is 1. The molecule has 0 radical (unpaired) electrons. The van der Waals surface area contributed by atoms with Gasteiger partial charge in [-0.3, -0.25) is 0 Å². The van der Waals surface area contributed by atoms with E-state index in [1.807, 2.05) is 25.1 Å². The number of anilines is 1. The molecule has 0 unspecified atom stereocenters. The maximum Gasteiger partial charge on any atom is 0.322 e. The maximum absolute atomic E-state index is 12.6. The summed E-state index contributed by atoms with van der Waals surface area (Å²) in [7, 11) is 0. The minimum atomic E-state index is -0.247. The van der Waals surface area contributed by atoms with E-state index in [9.17, 15) is 4.79 Å². The number of carbonyl (C=O) groups is 1. The van der Waals surface area contributed by atoms with Crippen molar-refractivity contribution in [3.05, 3.63) is 77.1 Å². The van der Waals surface area contributed by atoms with E-state index < -0.39 is 0 Å². The fourth-order valence-corrected chi connectivity index (χ4v) is 2.41. The molecule has 0 atom stereocenters. The highest BCUT2D eigenvalue weighted by molar-refractivity contribution is 6.30. The largest absolute Gasteiger partial charge is 0.467 e. The van der Waals surface area contributed by atoms with Crippen LogP contribution in [0.3, 0.4) is 0 Å². The molecule has 3 aromatic rings. The highest BCUT2D eigenvalue weighted by Gasteiger charge is 2.17. The molecular formula is C18H17ClN2O3. The topological polar surface area (TPSA) is 58.6 Å². The maximum atomic E-state index is 12.6. The summed E-state index contributed by atoms with van der Waals surface area (Å²) < 4.78 is 10.9. The van der Waals surface area contributed by atoms with Gasteiger partial charge in [-0.25, -0.2) is 4.79 Å². The van der Waals surface area contributed by atoms with Crippen LogP contribution in [0.4, 0.5) is 10.5 Å². The van der Waals surface area contributed by atoms with Gasteiger partial charge in [0.1, 0.15) is 17.3 Å². The summed E-state index contributed by atoms with van der Waals surface area (Å²) in [5, 5.41) is 3.47. The molecule has 0 aliphatic heterocycles. The lowest BCUT2D eigenvalue weighted by Crippen LogP contribution is -2.33. The van der Waals surface area contributed by atoms with Gasteiger partial charge in [0.05, 0.1) is 19.4 Å². The van der Waals surface area contributed by atoms with Gasteiger partial charge in [0.25, 0.3) is 0 Å². The van der Waals surface area contributed by atoms with E-state index in [0.717, 1.165) is 5.76 Å². The van der Waals surface area contributed by atoms with Crippen molar-refractivity contribution in [3.63, 3.8) is 0 Å². The summed E-state index contributed by atoms with van der Waals surface area (Å²) in [5.41, 5.74) is 0.671. The van der Waals surface area contributed by atoms with Gasteiger partial charge in [-0.1, -0.05) is 11.6 Å². The van der Waals surface area contributed by atoms with Gasteiger partial charge in [-0.05, 0) is 55.5 Å². The number of nitrogens with one attached hydrogen (secondary N) is 1. The van der Waals surface area contributed by atoms with E-state index in [0.29, 0.717) is 35.3 Å². The van der Waals surface area contributed by atoms with Crippen LogP contribution in [0.1, 0.15) is 17.3 Å². The molecule has 0 aliphatic carbocycles. The Morgan fingerprint density at radius 2 is 1.83 bits per heavy atom. The number of hydrogen-bond donors (Lipinski definition) is 1. The van der Waals surface area contributed by atoms with Gasteiger partial charge >= 0.3 is 6.03 Å². The summed E-state index contributed by atoms with van der Waals surface area (Å²) in [6.07, 6.45) is 1.58. The van der Waals surface area contributed by atoms with Gasteiger partial charge < -0.3 is 19.1 Å². The van der Waals surface area contributed by atoms with E-state index in [1.54, 1.807) is 41.5 Å². The molecule has 1 aromatic carbocycles. The number of furan rings is 2. The number of benzene rings is 1. The Hall–Kier alpha value is -2.66. The molecule has 6 heteroatoms. The zero-order valence-corrected chi connectivity index (χ0v) is 13.9. The fourth-order valence-electron chi connectivity index (χ4n) is 2.28. The van der Waals surface area contributed by atoms with Gasteiger partial charge in [0, 0.05) is 10.7 Å². The lowest BCUT2D eigenvalue weighted by Gasteiger charge is -2.21. The number of rotatable bonds is 5. The minimum Gasteiger partial charge on any atom is -0.467 e. The molecule has 2 aromatic heterocycles. The predicted molar refractivity (Wildman–Crippen MR) is 91.9 cm³/mol. The Morgan fingerprint density at radius 1 is 1.08 bits per heavy atom. The molecule has 1 N–H and O–H groups in total. The molecular weight excluding hydrogens is 328 g/mol. The Kier molecular flexibility index (Phi) is 4.91. The predicted octanol–water partition coefficient (Wildman–Crippen LogP) is 5.07. The zero-order chi connectivity index (χ0) is 16.9. The number of nitrogens with zero attached hydrogens (tertiary/aromatic N) is 1. The van der Waals surface area contributed by atoms with Crippen LogP contribution < -0.4 is 5.32 Å². The molecule has 0 fully saturated rings. The van der Waals surface area contributed by atoms with Crippen molar-refractivity contribution in [2.75, 3.05) is 5.32 Å². The highest BCUT2D eigenvalue weighted by atomic mass is 35.5. The van der Waals surface area contributed by atoms with Crippen LogP contribution in [-0.4, -0.2) is 10.9 Å². The molecule has 3 rings (SSSR count). The van der Waals surface area contributed by atoms with Crippen LogP contribution in [-0.2, 0) is 13.1 Å². The van der Waals surface area contributed by atoms with E-state index in [4.69, 9.17) is 20.4 Å². The fraction of sp³-hybridized carbons (Fsp3) is 0.167. The van der Waals surface area contributed by atoms with E-state index in [1.165, 1.54) is 0 Å². The molecule has 0 saturated heterocycles. The molecule has 24 heavy (non-hydrogen) atoms. The Labute approximate surface area is 144 Å². The average molecular weight is 345 g/mol. The van der Waals surface area contributed by atoms with Gasteiger partial charge in [0.2, 0.25) is 0 Å². The first-order valence-electron chi connectivity index (χ1n) is 7.49. The first-order valence-corrected chi connectivity index (χ1v) is 7.87. The zero-order valence-electron chi connectivity index (χ0n) is 13.2. The summed E-state index contributed by atoms with van der Waals surface area (Å²) in [6, 6.07) is 14.1. The Bertz CT molecular complexity index is 794. The molecule has 0 spiro atoms. The van der Waals surface area contributed by atoms with Crippen LogP contribution in [0.25, 0.3) is 0 Å². The number of hydrogen-bond acceptors (Lipinski definition) is 3. The second-order valence-electron chi connectivity index (χ2n) is 5.38. The molecule has 0 aliphatic rings. The summed E-state index contributed by atoms with van der Waals surface area (Å²) in [6.45, 7) is 2.55. The standard InChI is InChI=1S/C18H17ClN2O3/c1-13-4-9-17(24-13)12-21(11-16-3-2-10-23-16)18(22)20-15-7-5-14(19)6-8-15/h2-10H,11-12H2,1H3,(H,20,22). The molecule has 2 heterocycles. The second-order valence-corrected chi connectivity index (χ2v) is 5.82. The third-order valence-corrected chi connectivity index (χ3v) is 3.70. The smallest absolute Gasteiger partial charge is 0.322 e. The summed E-state index contributed by atoms with van der Waals surface area (Å²) in [5.74, 6) is 2.22. The van der Waals surface area contributed by atoms with Gasteiger partial charge in [-0.15, -0.1) is 0 Å². The summed E-state index contributed by atoms with van der Waals surface area (Å²) >= 11 is 5.87. The van der Waals surface area contributed by atoms with Crippen molar-refractivity contribution < 1.29 is 13.6 Å². The minimum absolute atomic E-state index is 0.247. The Balaban J connectivity index is 1.74. The molecule has 0 bridgehead atoms. The van der Waals surface area contributed by atoms with Crippen molar-refractivity contribution >= 4 is 23.3 Å². The van der Waals surface area contributed by atoms with Gasteiger partial charge in [-0.2, -0.15) is 0 Å². The quantitative estimate of drug-likeness (QED) is 0.703. The lowest BCUT2D eigenvalue weighted by molar-refractivity contribution is 0.195. The summed E-state index contributed by atoms with van der Waals surface area (Å²) in [4.78, 5) is 14.3. The van der Waals surface area contributed by atoms with Crippen molar-refractivity contribution in [3.8, 4) is 0 Å². The van der Waals surface area contributed by atoms with Crippen molar-refractivity contribution in [1.29, 1.82) is 0 Å². The third kappa shape index (κ3) is 4.20. The molecule has 2 amide bonds. The number of amides is 2. The van der Waals surface area contributed by atoms with Crippen LogP contribution in [0.15, 0.2) is 63.6 Å². The number of urea groups is 1. The van der Waals surface area contributed by atoms with Crippen LogP contribution >= 0.6 is 11.6 Å². The van der Waals surface area contributed by atoms with E-state index >= 15 is 0 Å². The van der Waals surface area contributed by atoms with Crippen LogP contribution in [0.5, 0.6) is 0 Å². The van der Waals surface area contributed by atoms with E-state index in [2.05, 4.69) is 5.32 Å². The normalized spacial score (nSPS) is 10.6. The highest BCUT2D eigenvalue weighted by Crippen LogP contribution is 2.17. The number of halogens is 1. The van der Waals surface area contributed by atoms with E-state index in [-0.39, 0.29) is 6.03 Å². The Morgan fingerprint density at radius 3 is 2.46 bits per heavy atom. The van der Waals surface area contributed by atoms with Crippen molar-refractivity contribution in [1.82, 2.24) is 4.90 Å². The molecule has 0 saturated carbocycles. The third-order valence-electron chi connectivity index (χ3n) is 3.45. The second kappa shape index (κ2) is 7.27. The number of aryl methyl sites for hydroxylation is 1. The average Bonchev–Trinajstić information content (AvgIpc) is 3.21. The molecule has 5 nitrogen and oxygen atoms in total. The molecule has 124 valence electrons. The SMILES string of the molecule is Cc1ccc(CN(Cc2ccco2)C(=O)Nc2ccc(Cl)cc2)o1. The first-order chi connectivity index (χ1) is 11.6. The van der Waals surface area contributed by atoms with Crippen LogP contribution in [0.2, 0.25) is 5.02 Å². The van der Waals surface area contributed by atoms with Crippen LogP contribution in [0, 0.1) is 6.92 Å². The van der Waals surface area contributed by atoms with Crippen molar-refractivity contribution in [2.45, 2.75) is 20.0 Å². The van der Waals surface area contributed by atoms with Crippen molar-refractivity contribution in [2.24, 2.45) is 0 Å².